The topological polar surface area (TPSA) is 78.9 Å². The second kappa shape index (κ2) is 8.93. The van der Waals surface area contributed by atoms with Gasteiger partial charge < -0.3 is 9.26 Å². The number of nitrogens with zero attached hydrogens (tertiary/aromatic N) is 5. The molecular formula is C22H16FN5O2S2. The molecule has 0 amide bonds. The van der Waals surface area contributed by atoms with E-state index in [1.165, 1.54) is 23.9 Å². The molecule has 0 atom stereocenters. The zero-order valence-corrected chi connectivity index (χ0v) is 18.4. The van der Waals surface area contributed by atoms with Crippen LogP contribution in [-0.4, -0.2) is 32.0 Å². The molecule has 0 aliphatic rings. The van der Waals surface area contributed by atoms with Gasteiger partial charge in [-0.15, -0.1) is 21.5 Å². The lowest BCUT2D eigenvalue weighted by atomic mass is 10.2. The quantitative estimate of drug-likeness (QED) is 0.294. The van der Waals surface area contributed by atoms with Gasteiger partial charge in [-0.25, -0.2) is 4.39 Å². The van der Waals surface area contributed by atoms with Crippen LogP contribution < -0.4 is 4.74 Å². The monoisotopic (exact) mass is 465 g/mol. The van der Waals surface area contributed by atoms with Crippen LogP contribution in [0.25, 0.3) is 27.8 Å². The first-order valence-corrected chi connectivity index (χ1v) is 11.4. The van der Waals surface area contributed by atoms with Crippen LogP contribution in [0.15, 0.2) is 75.7 Å². The van der Waals surface area contributed by atoms with Crippen molar-refractivity contribution in [2.75, 3.05) is 7.11 Å². The minimum Gasteiger partial charge on any atom is -0.495 e. The Labute approximate surface area is 190 Å². The van der Waals surface area contributed by atoms with Gasteiger partial charge in [0.05, 0.1) is 23.4 Å². The second-order valence-corrected chi connectivity index (χ2v) is 8.49. The zero-order valence-electron chi connectivity index (χ0n) is 16.8. The highest BCUT2D eigenvalue weighted by Crippen LogP contribution is 2.35. The molecule has 160 valence electrons. The van der Waals surface area contributed by atoms with E-state index in [0.29, 0.717) is 33.9 Å². The maximum atomic E-state index is 13.2. The Hall–Kier alpha value is -3.50. The minimum absolute atomic E-state index is 0.315. The number of aromatic nitrogens is 5. The average Bonchev–Trinajstić information content (AvgIpc) is 3.58. The Bertz CT molecular complexity index is 1330. The van der Waals surface area contributed by atoms with Gasteiger partial charge in [0, 0.05) is 5.56 Å². The van der Waals surface area contributed by atoms with E-state index in [2.05, 4.69) is 20.3 Å². The summed E-state index contributed by atoms with van der Waals surface area (Å²) in [6.45, 7) is 0. The lowest BCUT2D eigenvalue weighted by Gasteiger charge is -2.12. The van der Waals surface area contributed by atoms with Crippen molar-refractivity contribution in [3.63, 3.8) is 0 Å². The van der Waals surface area contributed by atoms with Crippen molar-refractivity contribution in [3.05, 3.63) is 77.8 Å². The summed E-state index contributed by atoms with van der Waals surface area (Å²) >= 11 is 3.01. The first kappa shape index (κ1) is 20.4. The van der Waals surface area contributed by atoms with E-state index in [-0.39, 0.29) is 5.82 Å². The van der Waals surface area contributed by atoms with E-state index in [0.717, 1.165) is 16.4 Å². The predicted octanol–water partition coefficient (Wildman–Crippen LogP) is 5.49. The van der Waals surface area contributed by atoms with Gasteiger partial charge >= 0.3 is 0 Å². The van der Waals surface area contributed by atoms with Gasteiger partial charge in [0.15, 0.2) is 11.0 Å². The average molecular weight is 466 g/mol. The summed E-state index contributed by atoms with van der Waals surface area (Å²) in [5, 5.41) is 15.5. The van der Waals surface area contributed by atoms with Crippen molar-refractivity contribution >= 4 is 23.1 Å². The SMILES string of the molecule is COc1ccccc1-n1c(SCc2nc(-c3ccc(F)cc3)no2)nnc1-c1cccs1. The number of thioether (sulfide) groups is 1. The fraction of sp³-hybridized carbons (Fsp3) is 0.0909. The Morgan fingerprint density at radius 1 is 1.06 bits per heavy atom. The van der Waals surface area contributed by atoms with Crippen LogP contribution in [0.2, 0.25) is 0 Å². The lowest BCUT2D eigenvalue weighted by molar-refractivity contribution is 0.391. The lowest BCUT2D eigenvalue weighted by Crippen LogP contribution is -2.01. The summed E-state index contributed by atoms with van der Waals surface area (Å²) in [5.41, 5.74) is 1.52. The second-order valence-electron chi connectivity index (χ2n) is 6.60. The maximum Gasteiger partial charge on any atom is 0.237 e. The highest BCUT2D eigenvalue weighted by atomic mass is 32.2. The first-order chi connectivity index (χ1) is 15.7. The number of hydrogen-bond donors (Lipinski definition) is 0. The third-order valence-electron chi connectivity index (χ3n) is 4.60. The van der Waals surface area contributed by atoms with E-state index >= 15 is 0 Å². The number of halogens is 1. The molecule has 0 unspecified atom stereocenters. The maximum absolute atomic E-state index is 13.2. The Kier molecular flexibility index (Phi) is 5.70. The third kappa shape index (κ3) is 4.02. The summed E-state index contributed by atoms with van der Waals surface area (Å²) in [6, 6.07) is 17.6. The number of rotatable bonds is 7. The molecule has 0 aliphatic carbocycles. The highest BCUT2D eigenvalue weighted by Gasteiger charge is 2.20. The molecule has 5 aromatic rings. The summed E-state index contributed by atoms with van der Waals surface area (Å²) in [5.74, 6) is 2.36. The molecule has 3 aromatic heterocycles. The molecule has 3 heterocycles. The Balaban J connectivity index is 1.45. The summed E-state index contributed by atoms with van der Waals surface area (Å²) in [6.07, 6.45) is 0. The van der Waals surface area contributed by atoms with E-state index < -0.39 is 0 Å². The van der Waals surface area contributed by atoms with Crippen LogP contribution in [-0.2, 0) is 5.75 Å². The van der Waals surface area contributed by atoms with Crippen LogP contribution in [0.3, 0.4) is 0 Å². The number of methoxy groups -OCH3 is 1. The summed E-state index contributed by atoms with van der Waals surface area (Å²) < 4.78 is 26.1. The van der Waals surface area contributed by atoms with Crippen LogP contribution in [0, 0.1) is 5.82 Å². The molecule has 0 fully saturated rings. The summed E-state index contributed by atoms with van der Waals surface area (Å²) in [7, 11) is 1.64. The van der Waals surface area contributed by atoms with Gasteiger partial charge in [0.25, 0.3) is 0 Å². The minimum atomic E-state index is -0.315. The fourth-order valence-corrected chi connectivity index (χ4v) is 4.60. The number of thiophene rings is 1. The normalized spacial score (nSPS) is 11.1. The van der Waals surface area contributed by atoms with Crippen molar-refractivity contribution in [3.8, 4) is 33.5 Å². The van der Waals surface area contributed by atoms with E-state index in [4.69, 9.17) is 9.26 Å². The van der Waals surface area contributed by atoms with Gasteiger partial charge in [0.2, 0.25) is 11.7 Å². The molecule has 0 spiro atoms. The molecule has 0 saturated carbocycles. The van der Waals surface area contributed by atoms with E-state index in [1.54, 1.807) is 30.6 Å². The van der Waals surface area contributed by atoms with Crippen LogP contribution in [0.4, 0.5) is 4.39 Å². The molecule has 2 aromatic carbocycles. The van der Waals surface area contributed by atoms with Crippen LogP contribution in [0.5, 0.6) is 5.75 Å². The van der Waals surface area contributed by atoms with Gasteiger partial charge in [-0.05, 0) is 47.8 Å². The smallest absolute Gasteiger partial charge is 0.237 e. The number of para-hydroxylation sites is 2. The molecule has 0 aliphatic heterocycles. The van der Waals surface area contributed by atoms with E-state index in [1.807, 2.05) is 46.3 Å². The third-order valence-corrected chi connectivity index (χ3v) is 6.38. The fourth-order valence-electron chi connectivity index (χ4n) is 3.12. The van der Waals surface area contributed by atoms with Gasteiger partial charge in [-0.1, -0.05) is 35.1 Å². The largest absolute Gasteiger partial charge is 0.495 e. The molecule has 0 radical (unpaired) electrons. The van der Waals surface area contributed by atoms with Crippen molar-refractivity contribution in [1.82, 2.24) is 24.9 Å². The van der Waals surface area contributed by atoms with Gasteiger partial charge in [-0.2, -0.15) is 4.98 Å². The van der Waals surface area contributed by atoms with Gasteiger partial charge in [0.1, 0.15) is 11.6 Å². The molecule has 7 nitrogen and oxygen atoms in total. The molecule has 32 heavy (non-hydrogen) atoms. The van der Waals surface area contributed by atoms with Crippen LogP contribution in [0.1, 0.15) is 5.89 Å². The standard InChI is InChI=1S/C22H16FN5O2S2/c1-29-17-6-3-2-5-16(17)28-21(18-7-4-12-31-18)25-26-22(28)32-13-19-24-20(27-30-19)14-8-10-15(23)11-9-14/h2-12H,13H2,1H3. The number of ether oxygens (including phenoxy) is 1. The van der Waals surface area contributed by atoms with Crippen molar-refractivity contribution < 1.29 is 13.7 Å². The highest BCUT2D eigenvalue weighted by molar-refractivity contribution is 7.98. The molecule has 0 N–H and O–H groups in total. The number of hydrogen-bond acceptors (Lipinski definition) is 8. The van der Waals surface area contributed by atoms with Crippen molar-refractivity contribution in [1.29, 1.82) is 0 Å². The number of benzene rings is 2. The van der Waals surface area contributed by atoms with Crippen molar-refractivity contribution in [2.24, 2.45) is 0 Å². The molecule has 0 saturated heterocycles. The van der Waals surface area contributed by atoms with Gasteiger partial charge in [-0.3, -0.25) is 4.57 Å². The molecule has 5 rings (SSSR count). The molecule has 10 heteroatoms. The first-order valence-electron chi connectivity index (χ1n) is 9.57. The Morgan fingerprint density at radius 3 is 2.69 bits per heavy atom. The molecular weight excluding hydrogens is 449 g/mol. The van der Waals surface area contributed by atoms with Crippen molar-refractivity contribution in [2.45, 2.75) is 10.9 Å². The molecule has 0 bridgehead atoms. The zero-order chi connectivity index (χ0) is 21.9. The predicted molar refractivity (Wildman–Crippen MR) is 120 cm³/mol. The Morgan fingerprint density at radius 2 is 1.91 bits per heavy atom. The summed E-state index contributed by atoms with van der Waals surface area (Å²) in [4.78, 5) is 5.41. The van der Waals surface area contributed by atoms with Crippen LogP contribution >= 0.6 is 23.1 Å². The van der Waals surface area contributed by atoms with E-state index in [9.17, 15) is 4.39 Å².